The maximum Gasteiger partial charge on any atom is 0.501 e. The molecule has 1 aliphatic rings. The van der Waals surface area contributed by atoms with E-state index in [1.54, 1.807) is 0 Å². The lowest BCUT2D eigenvalue weighted by Gasteiger charge is -2.30. The smallest absolute Gasteiger partial charge is 0.393 e. The highest BCUT2D eigenvalue weighted by Gasteiger charge is 2.46. The summed E-state index contributed by atoms with van der Waals surface area (Å²) in [5, 5.41) is 26.1. The highest BCUT2D eigenvalue weighted by molar-refractivity contribution is 7.92. The molecule has 0 radical (unpaired) electrons. The molecule has 2 aromatic rings. The molecule has 1 aromatic heterocycles. The fourth-order valence-corrected chi connectivity index (χ4v) is 4.17. The number of aliphatic hydroxyl groups is 1. The molecule has 1 aromatic carbocycles. The van der Waals surface area contributed by atoms with Crippen LogP contribution in [0.2, 0.25) is 0 Å². The first-order valence-electron chi connectivity index (χ1n) is 9.09. The van der Waals surface area contributed by atoms with Crippen molar-refractivity contribution in [3.63, 3.8) is 0 Å². The summed E-state index contributed by atoms with van der Waals surface area (Å²) in [5.74, 6) is -1.36. The second-order valence-electron chi connectivity index (χ2n) is 7.10. The number of aliphatic hydroxyl groups excluding tert-OH is 1. The molecule has 1 heterocycles. The van der Waals surface area contributed by atoms with Gasteiger partial charge in [0, 0.05) is 11.9 Å². The summed E-state index contributed by atoms with van der Waals surface area (Å²) in [4.78, 5) is 10.9. The van der Waals surface area contributed by atoms with Crippen LogP contribution < -0.4 is 11.1 Å². The van der Waals surface area contributed by atoms with E-state index in [-0.39, 0.29) is 23.5 Å². The lowest BCUT2D eigenvalue weighted by atomic mass is 9.84. The molecular weight excluding hydrogens is 439 g/mol. The number of halogens is 3. The van der Waals surface area contributed by atoms with E-state index in [9.17, 15) is 36.8 Å². The van der Waals surface area contributed by atoms with Crippen molar-refractivity contribution in [2.75, 3.05) is 5.32 Å². The van der Waals surface area contributed by atoms with Gasteiger partial charge in [-0.05, 0) is 43.5 Å². The Morgan fingerprint density at radius 3 is 2.48 bits per heavy atom. The van der Waals surface area contributed by atoms with Gasteiger partial charge in [-0.25, -0.2) is 8.42 Å². The van der Waals surface area contributed by atoms with E-state index in [2.05, 4.69) is 16.5 Å². The molecule has 1 saturated carbocycles. The number of alkyl halides is 3. The van der Waals surface area contributed by atoms with E-state index in [1.165, 1.54) is 10.9 Å². The average Bonchev–Trinajstić information content (AvgIpc) is 3.11. The number of hydrogen-bond donors (Lipinski definition) is 3. The first-order chi connectivity index (χ1) is 14.4. The van der Waals surface area contributed by atoms with Crippen molar-refractivity contribution in [1.29, 1.82) is 5.26 Å². The van der Waals surface area contributed by atoms with Crippen molar-refractivity contribution in [1.82, 2.24) is 9.78 Å². The van der Waals surface area contributed by atoms with Crippen LogP contribution in [0.4, 0.5) is 24.7 Å². The van der Waals surface area contributed by atoms with Crippen molar-refractivity contribution in [3.05, 3.63) is 36.0 Å². The number of hydrogen-bond acceptors (Lipinski definition) is 7. The van der Waals surface area contributed by atoms with Gasteiger partial charge in [0.2, 0.25) is 0 Å². The Labute approximate surface area is 175 Å². The van der Waals surface area contributed by atoms with Crippen LogP contribution in [0.25, 0.3) is 0 Å². The SMILES string of the molecule is N#CC1CC(O)CCC1n1cc(C(N)=O)c(Nc2ccc(S(=O)(=O)C(F)(F)F)cc2)n1. The number of rotatable bonds is 5. The highest BCUT2D eigenvalue weighted by atomic mass is 32.2. The van der Waals surface area contributed by atoms with Crippen LogP contribution in [0.5, 0.6) is 0 Å². The molecule has 1 amide bonds. The Bertz CT molecular complexity index is 1120. The fraction of sp³-hybridized carbons (Fsp3) is 0.389. The van der Waals surface area contributed by atoms with Crippen LogP contribution in [-0.2, 0) is 9.84 Å². The minimum atomic E-state index is -5.48. The lowest BCUT2D eigenvalue weighted by molar-refractivity contribution is -0.0436. The van der Waals surface area contributed by atoms with Gasteiger partial charge in [0.1, 0.15) is 5.56 Å². The molecule has 13 heteroatoms. The van der Waals surface area contributed by atoms with Crippen LogP contribution in [0, 0.1) is 17.2 Å². The second kappa shape index (κ2) is 8.20. The number of carbonyl (C=O) groups is 1. The zero-order valence-electron chi connectivity index (χ0n) is 15.9. The summed E-state index contributed by atoms with van der Waals surface area (Å²) >= 11 is 0. The summed E-state index contributed by atoms with van der Waals surface area (Å²) in [6, 6.07) is 5.46. The number of carbonyl (C=O) groups excluding carboxylic acids is 1. The number of nitrogens with two attached hydrogens (primary N) is 1. The summed E-state index contributed by atoms with van der Waals surface area (Å²) in [6.07, 6.45) is 1.91. The van der Waals surface area contributed by atoms with Crippen molar-refractivity contribution in [3.8, 4) is 6.07 Å². The number of aromatic nitrogens is 2. The molecule has 1 fully saturated rings. The molecule has 0 aliphatic heterocycles. The molecule has 9 nitrogen and oxygen atoms in total. The molecule has 4 N–H and O–H groups in total. The molecule has 3 atom stereocenters. The number of primary amides is 1. The Kier molecular flexibility index (Phi) is 5.97. The third kappa shape index (κ3) is 4.49. The van der Waals surface area contributed by atoms with Gasteiger partial charge in [0.15, 0.2) is 5.82 Å². The summed E-state index contributed by atoms with van der Waals surface area (Å²) < 4.78 is 62.3. The molecule has 1 aliphatic carbocycles. The second-order valence-corrected chi connectivity index (χ2v) is 9.05. The Morgan fingerprint density at radius 1 is 1.29 bits per heavy atom. The molecular formula is C18H18F3N5O4S. The lowest BCUT2D eigenvalue weighted by Crippen LogP contribution is -2.29. The van der Waals surface area contributed by atoms with Crippen LogP contribution in [0.1, 0.15) is 35.7 Å². The first-order valence-corrected chi connectivity index (χ1v) is 10.6. The predicted molar refractivity (Wildman–Crippen MR) is 102 cm³/mol. The maximum atomic E-state index is 12.7. The van der Waals surface area contributed by atoms with Crippen LogP contribution >= 0.6 is 0 Å². The average molecular weight is 457 g/mol. The third-order valence-electron chi connectivity index (χ3n) is 5.02. The number of sulfone groups is 1. The van der Waals surface area contributed by atoms with Crippen molar-refractivity contribution >= 4 is 27.2 Å². The topological polar surface area (TPSA) is 151 Å². The largest absolute Gasteiger partial charge is 0.501 e. The predicted octanol–water partition coefficient (Wildman–Crippen LogP) is 2.24. The van der Waals surface area contributed by atoms with Gasteiger partial charge in [-0.3, -0.25) is 9.48 Å². The van der Waals surface area contributed by atoms with Gasteiger partial charge in [0.05, 0.1) is 29.0 Å². The monoisotopic (exact) mass is 457 g/mol. The Hall–Kier alpha value is -3.11. The quantitative estimate of drug-likeness (QED) is 0.623. The third-order valence-corrected chi connectivity index (χ3v) is 6.52. The summed E-state index contributed by atoms with van der Waals surface area (Å²) in [7, 11) is -5.48. The number of amides is 1. The standard InChI is InChI=1S/C18H18F3N5O4S/c19-18(20,21)31(29,30)13-4-1-11(2-5-13)24-17-14(16(23)28)9-26(25-17)15-6-3-12(27)7-10(15)8-22/h1-2,4-5,9-10,12,15,27H,3,6-7H2,(H2,23,28)(H,24,25). The van der Waals surface area contributed by atoms with E-state index in [1.807, 2.05) is 0 Å². The normalized spacial score (nSPS) is 22.0. The van der Waals surface area contributed by atoms with Gasteiger partial charge in [0.25, 0.3) is 15.7 Å². The van der Waals surface area contributed by atoms with Gasteiger partial charge < -0.3 is 16.2 Å². The maximum absolute atomic E-state index is 12.7. The zero-order chi connectivity index (χ0) is 23.0. The van der Waals surface area contributed by atoms with Gasteiger partial charge in [-0.2, -0.15) is 23.5 Å². The minimum absolute atomic E-state index is 0.00161. The highest BCUT2D eigenvalue weighted by Crippen LogP contribution is 2.35. The van der Waals surface area contributed by atoms with Gasteiger partial charge in [-0.15, -0.1) is 0 Å². The molecule has 31 heavy (non-hydrogen) atoms. The summed E-state index contributed by atoms with van der Waals surface area (Å²) in [6.45, 7) is 0. The number of benzene rings is 1. The Balaban J connectivity index is 1.88. The van der Waals surface area contributed by atoms with Crippen molar-refractivity contribution < 1.29 is 31.5 Å². The van der Waals surface area contributed by atoms with Crippen molar-refractivity contribution in [2.45, 2.75) is 41.8 Å². The molecule has 0 saturated heterocycles. The number of anilines is 2. The Morgan fingerprint density at radius 2 is 1.94 bits per heavy atom. The van der Waals surface area contributed by atoms with Crippen LogP contribution in [-0.4, -0.2) is 40.8 Å². The number of nitrogens with one attached hydrogen (secondary N) is 1. The van der Waals surface area contributed by atoms with E-state index >= 15 is 0 Å². The minimum Gasteiger partial charge on any atom is -0.393 e. The fourth-order valence-electron chi connectivity index (χ4n) is 3.41. The molecule has 0 bridgehead atoms. The molecule has 3 unspecified atom stereocenters. The molecule has 0 spiro atoms. The molecule has 3 rings (SSSR count). The number of nitrogens with zero attached hydrogens (tertiary/aromatic N) is 3. The van der Waals surface area contributed by atoms with Gasteiger partial charge >= 0.3 is 5.51 Å². The van der Waals surface area contributed by atoms with Crippen LogP contribution in [0.15, 0.2) is 35.4 Å². The zero-order valence-corrected chi connectivity index (χ0v) is 16.7. The summed E-state index contributed by atoms with van der Waals surface area (Å²) in [5.41, 5.74) is 0.114. The van der Waals surface area contributed by atoms with E-state index in [4.69, 9.17) is 5.73 Å². The van der Waals surface area contributed by atoms with Crippen molar-refractivity contribution in [2.24, 2.45) is 11.7 Å². The van der Waals surface area contributed by atoms with E-state index < -0.39 is 44.2 Å². The number of nitriles is 1. The van der Waals surface area contributed by atoms with E-state index in [0.717, 1.165) is 24.3 Å². The van der Waals surface area contributed by atoms with Gasteiger partial charge in [-0.1, -0.05) is 0 Å². The van der Waals surface area contributed by atoms with Crippen LogP contribution in [0.3, 0.4) is 0 Å². The first kappa shape index (κ1) is 22.6. The molecule has 166 valence electrons. The van der Waals surface area contributed by atoms with E-state index in [0.29, 0.717) is 12.8 Å².